The van der Waals surface area contributed by atoms with Crippen LogP contribution in [0.3, 0.4) is 0 Å². The zero-order valence-corrected chi connectivity index (χ0v) is 11.7. The van der Waals surface area contributed by atoms with E-state index >= 15 is 0 Å². The quantitative estimate of drug-likeness (QED) is 0.845. The topological polar surface area (TPSA) is 22.0 Å². The fraction of sp³-hybridized carbons (Fsp3) is 0.267. The van der Waals surface area contributed by atoms with Crippen LogP contribution in [0.4, 0.5) is 13.2 Å². The average molecular weight is 311 g/mol. The highest BCUT2D eigenvalue weighted by molar-refractivity contribution is 8.00. The van der Waals surface area contributed by atoms with E-state index in [4.69, 9.17) is 0 Å². The molecule has 1 aliphatic rings. The molecule has 21 heavy (non-hydrogen) atoms. The first-order valence-corrected chi connectivity index (χ1v) is 7.35. The first kappa shape index (κ1) is 14.3. The average Bonchev–Trinajstić information content (AvgIpc) is 2.82. The van der Waals surface area contributed by atoms with Crippen molar-refractivity contribution in [1.82, 2.24) is 4.57 Å². The predicted octanol–water partition coefficient (Wildman–Crippen LogP) is 3.58. The number of benzene rings is 1. The number of aromatic nitrogens is 1. The number of alkyl halides is 3. The second kappa shape index (κ2) is 5.26. The lowest BCUT2D eigenvalue weighted by Gasteiger charge is -2.17. The molecule has 0 N–H and O–H groups in total. The van der Waals surface area contributed by atoms with Crippen molar-refractivity contribution in [2.75, 3.05) is 0 Å². The van der Waals surface area contributed by atoms with Gasteiger partial charge in [-0.15, -0.1) is 11.8 Å². The molecule has 2 nitrogen and oxygen atoms in total. The number of thioether (sulfide) groups is 1. The SMILES string of the molecule is O=c1cccc(C(F)(F)F)n1CC1Cc2ccccc2S1. The number of pyridine rings is 1. The molecule has 0 aliphatic carbocycles. The Kier molecular flexibility index (Phi) is 3.57. The Labute approximate surface area is 123 Å². The first-order valence-electron chi connectivity index (χ1n) is 6.47. The van der Waals surface area contributed by atoms with Crippen molar-refractivity contribution in [2.24, 2.45) is 0 Å². The molecule has 2 heterocycles. The zero-order chi connectivity index (χ0) is 15.0. The molecule has 0 amide bonds. The summed E-state index contributed by atoms with van der Waals surface area (Å²) in [6.45, 7) is 0.0634. The van der Waals surface area contributed by atoms with E-state index < -0.39 is 17.4 Å². The summed E-state index contributed by atoms with van der Waals surface area (Å²) in [7, 11) is 0. The molecular weight excluding hydrogens is 299 g/mol. The van der Waals surface area contributed by atoms with Gasteiger partial charge in [0.2, 0.25) is 0 Å². The lowest BCUT2D eigenvalue weighted by Crippen LogP contribution is -2.30. The van der Waals surface area contributed by atoms with Crippen molar-refractivity contribution in [3.63, 3.8) is 0 Å². The number of halogens is 3. The Morgan fingerprint density at radius 1 is 1.14 bits per heavy atom. The molecule has 3 rings (SSSR count). The highest BCUT2D eigenvalue weighted by atomic mass is 32.2. The molecule has 1 aliphatic heterocycles. The van der Waals surface area contributed by atoms with Crippen LogP contribution >= 0.6 is 11.8 Å². The monoisotopic (exact) mass is 311 g/mol. The smallest absolute Gasteiger partial charge is 0.303 e. The predicted molar refractivity (Wildman–Crippen MR) is 75.5 cm³/mol. The second-order valence-corrected chi connectivity index (χ2v) is 6.25. The number of fused-ring (bicyclic) bond motifs is 1. The summed E-state index contributed by atoms with van der Waals surface area (Å²) in [6.07, 6.45) is -3.84. The molecule has 1 aromatic carbocycles. The molecule has 1 unspecified atom stereocenters. The van der Waals surface area contributed by atoms with Crippen LogP contribution in [0, 0.1) is 0 Å². The number of hydrogen-bond acceptors (Lipinski definition) is 2. The molecule has 1 atom stereocenters. The lowest BCUT2D eigenvalue weighted by atomic mass is 10.1. The Hall–Kier alpha value is -1.69. The summed E-state index contributed by atoms with van der Waals surface area (Å²) >= 11 is 1.53. The molecule has 110 valence electrons. The van der Waals surface area contributed by atoms with E-state index in [1.165, 1.54) is 17.8 Å². The molecule has 0 bridgehead atoms. The maximum absolute atomic E-state index is 13.0. The largest absolute Gasteiger partial charge is 0.431 e. The van der Waals surface area contributed by atoms with Crippen molar-refractivity contribution in [2.45, 2.75) is 29.3 Å². The third-order valence-electron chi connectivity index (χ3n) is 3.44. The third kappa shape index (κ3) is 2.85. The van der Waals surface area contributed by atoms with E-state index in [0.29, 0.717) is 6.42 Å². The van der Waals surface area contributed by atoms with Crippen molar-refractivity contribution < 1.29 is 13.2 Å². The minimum Gasteiger partial charge on any atom is -0.303 e. The van der Waals surface area contributed by atoms with E-state index in [1.807, 2.05) is 24.3 Å². The van der Waals surface area contributed by atoms with Crippen LogP contribution in [0.15, 0.2) is 52.2 Å². The molecule has 6 heteroatoms. The highest BCUT2D eigenvalue weighted by Gasteiger charge is 2.35. The maximum atomic E-state index is 13.0. The van der Waals surface area contributed by atoms with Crippen LogP contribution in [-0.2, 0) is 19.1 Å². The molecule has 1 aromatic heterocycles. The minimum atomic E-state index is -4.52. The normalized spacial score (nSPS) is 17.8. The molecule has 0 saturated carbocycles. The molecule has 0 radical (unpaired) electrons. The van der Waals surface area contributed by atoms with E-state index in [0.717, 1.165) is 27.2 Å². The summed E-state index contributed by atoms with van der Waals surface area (Å²) in [5.74, 6) is 0. The van der Waals surface area contributed by atoms with Gasteiger partial charge in [-0.25, -0.2) is 0 Å². The standard InChI is InChI=1S/C15H12F3NOS/c16-15(17,18)13-6-3-7-14(20)19(13)9-11-8-10-4-1-2-5-12(10)21-11/h1-7,11H,8-9H2. The lowest BCUT2D eigenvalue weighted by molar-refractivity contribution is -0.144. The Bertz CT molecular complexity index is 698. The van der Waals surface area contributed by atoms with Crippen molar-refractivity contribution in [3.8, 4) is 0 Å². The van der Waals surface area contributed by atoms with Gasteiger partial charge in [-0.1, -0.05) is 24.3 Å². The fourth-order valence-electron chi connectivity index (χ4n) is 2.52. The highest BCUT2D eigenvalue weighted by Crippen LogP contribution is 2.38. The Morgan fingerprint density at radius 3 is 2.62 bits per heavy atom. The van der Waals surface area contributed by atoms with Crippen LogP contribution < -0.4 is 5.56 Å². The summed E-state index contributed by atoms with van der Waals surface area (Å²) in [4.78, 5) is 12.9. The van der Waals surface area contributed by atoms with Crippen molar-refractivity contribution in [1.29, 1.82) is 0 Å². The van der Waals surface area contributed by atoms with Gasteiger partial charge in [0.05, 0.1) is 0 Å². The van der Waals surface area contributed by atoms with Gasteiger partial charge in [0.1, 0.15) is 5.69 Å². The van der Waals surface area contributed by atoms with Gasteiger partial charge >= 0.3 is 6.18 Å². The summed E-state index contributed by atoms with van der Waals surface area (Å²) < 4.78 is 39.8. The van der Waals surface area contributed by atoms with Gasteiger partial charge in [-0.05, 0) is 24.1 Å². The van der Waals surface area contributed by atoms with Gasteiger partial charge in [0.15, 0.2) is 0 Å². The second-order valence-electron chi connectivity index (χ2n) is 4.91. The summed E-state index contributed by atoms with van der Waals surface area (Å²) in [5.41, 5.74) is -0.363. The van der Waals surface area contributed by atoms with E-state index in [2.05, 4.69) is 0 Å². The van der Waals surface area contributed by atoms with Crippen LogP contribution in [0.1, 0.15) is 11.3 Å². The first-order chi connectivity index (χ1) is 9.95. The van der Waals surface area contributed by atoms with Gasteiger partial charge in [-0.2, -0.15) is 13.2 Å². The van der Waals surface area contributed by atoms with Crippen molar-refractivity contribution in [3.05, 3.63) is 64.1 Å². The van der Waals surface area contributed by atoms with Crippen LogP contribution in [0.25, 0.3) is 0 Å². The third-order valence-corrected chi connectivity index (χ3v) is 4.74. The van der Waals surface area contributed by atoms with Crippen molar-refractivity contribution >= 4 is 11.8 Å². The number of nitrogens with zero attached hydrogens (tertiary/aromatic N) is 1. The maximum Gasteiger partial charge on any atom is 0.431 e. The summed E-state index contributed by atoms with van der Waals surface area (Å²) in [6, 6.07) is 11.0. The number of hydrogen-bond donors (Lipinski definition) is 0. The molecular formula is C15H12F3NOS. The van der Waals surface area contributed by atoms with Gasteiger partial charge < -0.3 is 4.57 Å². The van der Waals surface area contributed by atoms with E-state index in [1.54, 1.807) is 0 Å². The Morgan fingerprint density at radius 2 is 1.90 bits per heavy atom. The minimum absolute atomic E-state index is 0.0522. The van der Waals surface area contributed by atoms with Crippen LogP contribution in [0.2, 0.25) is 0 Å². The van der Waals surface area contributed by atoms with Gasteiger partial charge in [-0.3, -0.25) is 4.79 Å². The van der Waals surface area contributed by atoms with Gasteiger partial charge in [0.25, 0.3) is 5.56 Å². The van der Waals surface area contributed by atoms with Crippen LogP contribution in [0.5, 0.6) is 0 Å². The molecule has 0 saturated heterocycles. The molecule has 0 spiro atoms. The zero-order valence-electron chi connectivity index (χ0n) is 10.9. The summed E-state index contributed by atoms with van der Waals surface area (Å²) in [5, 5.41) is -0.0522. The number of rotatable bonds is 2. The molecule has 0 fully saturated rings. The fourth-order valence-corrected chi connectivity index (χ4v) is 3.82. The van der Waals surface area contributed by atoms with E-state index in [9.17, 15) is 18.0 Å². The molecule has 2 aromatic rings. The Balaban J connectivity index is 1.89. The van der Waals surface area contributed by atoms with Gasteiger partial charge in [0, 0.05) is 22.8 Å². The van der Waals surface area contributed by atoms with E-state index in [-0.39, 0.29) is 11.8 Å². The van der Waals surface area contributed by atoms with Crippen LogP contribution in [-0.4, -0.2) is 9.82 Å².